The van der Waals surface area contributed by atoms with Gasteiger partial charge in [-0.25, -0.2) is 0 Å². The van der Waals surface area contributed by atoms with Crippen molar-refractivity contribution in [2.75, 3.05) is 31.7 Å². The third kappa shape index (κ3) is 3.71. The molecule has 0 spiro atoms. The molecule has 20 heavy (non-hydrogen) atoms. The predicted octanol–water partition coefficient (Wildman–Crippen LogP) is 1.46. The summed E-state index contributed by atoms with van der Waals surface area (Å²) in [4.78, 5) is 25.0. The molecule has 1 saturated heterocycles. The number of carbonyl (C=O) groups is 2. The van der Waals surface area contributed by atoms with Crippen LogP contribution in [0.3, 0.4) is 0 Å². The van der Waals surface area contributed by atoms with E-state index in [0.29, 0.717) is 24.5 Å². The Morgan fingerprint density at radius 3 is 2.80 bits per heavy atom. The maximum Gasteiger partial charge on any atom is 0.245 e. The van der Waals surface area contributed by atoms with Crippen LogP contribution >= 0.6 is 11.6 Å². The minimum atomic E-state index is -0.162. The minimum Gasteiger partial charge on any atom is -0.375 e. The van der Waals surface area contributed by atoms with Crippen LogP contribution in [0.25, 0.3) is 0 Å². The standard InChI is InChI=1S/C14H17ClN2O3/c1-20-9-13(18)16-7-10-6-14(19)17(8-10)12-4-2-11(15)3-5-12/h2-5,10H,6-9H2,1H3,(H,16,18)/t10-/m0/s1. The van der Waals surface area contributed by atoms with Crippen LogP contribution in [0, 0.1) is 5.92 Å². The second kappa shape index (κ2) is 6.72. The fourth-order valence-electron chi connectivity index (χ4n) is 2.23. The van der Waals surface area contributed by atoms with Crippen LogP contribution in [0.4, 0.5) is 5.69 Å². The van der Waals surface area contributed by atoms with E-state index >= 15 is 0 Å². The highest BCUT2D eigenvalue weighted by Crippen LogP contribution is 2.25. The third-order valence-electron chi connectivity index (χ3n) is 3.21. The number of rotatable bonds is 5. The Morgan fingerprint density at radius 1 is 1.45 bits per heavy atom. The van der Waals surface area contributed by atoms with Crippen molar-refractivity contribution < 1.29 is 14.3 Å². The van der Waals surface area contributed by atoms with E-state index in [9.17, 15) is 9.59 Å². The summed E-state index contributed by atoms with van der Waals surface area (Å²) in [5, 5.41) is 3.41. The Morgan fingerprint density at radius 2 is 2.15 bits per heavy atom. The number of amides is 2. The zero-order chi connectivity index (χ0) is 14.5. The van der Waals surface area contributed by atoms with E-state index in [1.54, 1.807) is 17.0 Å². The van der Waals surface area contributed by atoms with Crippen LogP contribution in [0.1, 0.15) is 6.42 Å². The topological polar surface area (TPSA) is 58.6 Å². The third-order valence-corrected chi connectivity index (χ3v) is 3.46. The predicted molar refractivity (Wildman–Crippen MR) is 76.8 cm³/mol. The first-order valence-electron chi connectivity index (χ1n) is 6.41. The Hall–Kier alpha value is -1.59. The van der Waals surface area contributed by atoms with E-state index in [2.05, 4.69) is 5.32 Å². The highest BCUT2D eigenvalue weighted by Gasteiger charge is 2.30. The Labute approximate surface area is 122 Å². The molecule has 108 valence electrons. The van der Waals surface area contributed by atoms with Gasteiger partial charge in [-0.1, -0.05) is 11.6 Å². The number of methoxy groups -OCH3 is 1. The Kier molecular flexibility index (Phi) is 4.98. The molecule has 0 aromatic heterocycles. The summed E-state index contributed by atoms with van der Waals surface area (Å²) >= 11 is 5.83. The monoisotopic (exact) mass is 296 g/mol. The molecule has 1 aromatic rings. The number of nitrogens with zero attached hydrogens (tertiary/aromatic N) is 1. The molecule has 0 aliphatic carbocycles. The molecule has 1 fully saturated rings. The number of hydrogen-bond donors (Lipinski definition) is 1. The molecule has 1 N–H and O–H groups in total. The minimum absolute atomic E-state index is 0.0432. The zero-order valence-electron chi connectivity index (χ0n) is 11.3. The van der Waals surface area contributed by atoms with Gasteiger partial charge < -0.3 is 15.0 Å². The lowest BCUT2D eigenvalue weighted by atomic mass is 10.1. The first kappa shape index (κ1) is 14.8. The van der Waals surface area contributed by atoms with E-state index in [1.807, 2.05) is 12.1 Å². The summed E-state index contributed by atoms with van der Waals surface area (Å²) in [5.41, 5.74) is 0.838. The van der Waals surface area contributed by atoms with Gasteiger partial charge in [0.25, 0.3) is 0 Å². The van der Waals surface area contributed by atoms with Crippen LogP contribution < -0.4 is 10.2 Å². The summed E-state index contributed by atoms with van der Waals surface area (Å²) in [6.45, 7) is 1.13. The van der Waals surface area contributed by atoms with Gasteiger partial charge in [0, 0.05) is 43.2 Å². The van der Waals surface area contributed by atoms with Gasteiger partial charge in [-0.3, -0.25) is 9.59 Å². The highest BCUT2D eigenvalue weighted by atomic mass is 35.5. The van der Waals surface area contributed by atoms with E-state index < -0.39 is 0 Å². The summed E-state index contributed by atoms with van der Waals surface area (Å²) in [5.74, 6) is 0.0298. The molecule has 0 bridgehead atoms. The Bertz CT molecular complexity index is 490. The van der Waals surface area contributed by atoms with Gasteiger partial charge in [-0.05, 0) is 24.3 Å². The van der Waals surface area contributed by atoms with Gasteiger partial charge in [-0.2, -0.15) is 0 Å². The van der Waals surface area contributed by atoms with Crippen LogP contribution in [0.2, 0.25) is 5.02 Å². The summed E-state index contributed by atoms with van der Waals surface area (Å²) in [7, 11) is 1.47. The average Bonchev–Trinajstić information content (AvgIpc) is 2.79. The largest absolute Gasteiger partial charge is 0.375 e. The van der Waals surface area contributed by atoms with Crippen LogP contribution in [-0.2, 0) is 14.3 Å². The van der Waals surface area contributed by atoms with Crippen LogP contribution in [0.15, 0.2) is 24.3 Å². The first-order chi connectivity index (χ1) is 9.60. The lowest BCUT2D eigenvalue weighted by Crippen LogP contribution is -2.33. The highest BCUT2D eigenvalue weighted by molar-refractivity contribution is 6.30. The molecule has 0 saturated carbocycles. The van der Waals surface area contributed by atoms with Crippen LogP contribution in [0.5, 0.6) is 0 Å². The molecule has 6 heteroatoms. The maximum absolute atomic E-state index is 12.0. The van der Waals surface area contributed by atoms with Gasteiger partial charge in [0.1, 0.15) is 6.61 Å². The lowest BCUT2D eigenvalue weighted by molar-refractivity contribution is -0.125. The van der Waals surface area contributed by atoms with Crippen molar-refractivity contribution in [2.24, 2.45) is 5.92 Å². The number of ether oxygens (including phenoxy) is 1. The second-order valence-electron chi connectivity index (χ2n) is 4.79. The molecule has 0 radical (unpaired) electrons. The molecule has 1 atom stereocenters. The number of benzene rings is 1. The lowest BCUT2D eigenvalue weighted by Gasteiger charge is -2.17. The van der Waals surface area contributed by atoms with Crippen molar-refractivity contribution in [3.8, 4) is 0 Å². The molecular formula is C14H17ClN2O3. The van der Waals surface area contributed by atoms with E-state index in [-0.39, 0.29) is 24.3 Å². The quantitative estimate of drug-likeness (QED) is 0.895. The maximum atomic E-state index is 12.0. The van der Waals surface area contributed by atoms with Crippen molar-refractivity contribution in [3.63, 3.8) is 0 Å². The summed E-state index contributed by atoms with van der Waals surface area (Å²) < 4.78 is 4.74. The molecule has 0 unspecified atom stereocenters. The number of carbonyl (C=O) groups excluding carboxylic acids is 2. The average molecular weight is 297 g/mol. The molecule has 2 rings (SSSR count). The molecule has 1 aliphatic heterocycles. The van der Waals surface area contributed by atoms with Gasteiger partial charge in [0.2, 0.25) is 11.8 Å². The first-order valence-corrected chi connectivity index (χ1v) is 6.79. The number of nitrogens with one attached hydrogen (secondary N) is 1. The number of halogens is 1. The van der Waals surface area contributed by atoms with Gasteiger partial charge in [0.15, 0.2) is 0 Å². The Balaban J connectivity index is 1.90. The van der Waals surface area contributed by atoms with E-state index in [0.717, 1.165) is 5.69 Å². The summed E-state index contributed by atoms with van der Waals surface area (Å²) in [6, 6.07) is 7.17. The van der Waals surface area contributed by atoms with Crippen molar-refractivity contribution >= 4 is 29.1 Å². The van der Waals surface area contributed by atoms with Gasteiger partial charge in [-0.15, -0.1) is 0 Å². The van der Waals surface area contributed by atoms with Crippen molar-refractivity contribution in [3.05, 3.63) is 29.3 Å². The van der Waals surface area contributed by atoms with Gasteiger partial charge >= 0.3 is 0 Å². The van der Waals surface area contributed by atoms with Crippen molar-refractivity contribution in [2.45, 2.75) is 6.42 Å². The smallest absolute Gasteiger partial charge is 0.245 e. The van der Waals surface area contributed by atoms with Gasteiger partial charge in [0.05, 0.1) is 0 Å². The summed E-state index contributed by atoms with van der Waals surface area (Å²) in [6.07, 6.45) is 0.440. The zero-order valence-corrected chi connectivity index (χ0v) is 12.0. The number of anilines is 1. The SMILES string of the molecule is COCC(=O)NC[C@@H]1CC(=O)N(c2ccc(Cl)cc2)C1. The van der Waals surface area contributed by atoms with E-state index in [1.165, 1.54) is 7.11 Å². The molecule has 1 aromatic carbocycles. The fourth-order valence-corrected chi connectivity index (χ4v) is 2.36. The van der Waals surface area contributed by atoms with Crippen molar-refractivity contribution in [1.82, 2.24) is 5.32 Å². The normalized spacial score (nSPS) is 18.4. The van der Waals surface area contributed by atoms with Crippen molar-refractivity contribution in [1.29, 1.82) is 0 Å². The molecule has 1 heterocycles. The molecule has 2 amide bonds. The number of hydrogen-bond acceptors (Lipinski definition) is 3. The van der Waals surface area contributed by atoms with Crippen LogP contribution in [-0.4, -0.2) is 38.6 Å². The molecule has 1 aliphatic rings. The molecule has 5 nitrogen and oxygen atoms in total. The fraction of sp³-hybridized carbons (Fsp3) is 0.429. The van der Waals surface area contributed by atoms with E-state index in [4.69, 9.17) is 16.3 Å². The second-order valence-corrected chi connectivity index (χ2v) is 5.22. The molecular weight excluding hydrogens is 280 g/mol.